The molecule has 2 aromatic carbocycles. The maximum absolute atomic E-state index is 12.7. The highest BCUT2D eigenvalue weighted by molar-refractivity contribution is 6.33. The van der Waals surface area contributed by atoms with Crippen molar-refractivity contribution < 1.29 is 32.2 Å². The number of methoxy groups -OCH3 is 1. The minimum absolute atomic E-state index is 0.0446. The monoisotopic (exact) mass is 348 g/mol. The van der Waals surface area contributed by atoms with Crippen molar-refractivity contribution in [2.75, 3.05) is 7.11 Å². The number of esters is 1. The Kier molecular flexibility index (Phi) is 5.51. The van der Waals surface area contributed by atoms with Crippen molar-refractivity contribution in [2.45, 2.75) is 12.6 Å². The molecule has 25 heavy (non-hydrogen) atoms. The number of aldehydes is 1. The lowest BCUT2D eigenvalue weighted by molar-refractivity contribution is -0.140. The SMILES string of the molecule is [B]c1ccc(Oc2ccc(C(F)(F)F)cc2C=O)cc1CC(=O)OC. The fourth-order valence-corrected chi connectivity index (χ4v) is 2.06. The third-order valence-electron chi connectivity index (χ3n) is 3.37. The molecule has 0 spiro atoms. The summed E-state index contributed by atoms with van der Waals surface area (Å²) in [5, 5.41) is 0. The first-order valence-electron chi connectivity index (χ1n) is 7.04. The Morgan fingerprint density at radius 1 is 1.20 bits per heavy atom. The zero-order valence-corrected chi connectivity index (χ0v) is 13.1. The fraction of sp³-hybridized carbons (Fsp3) is 0.176. The predicted molar refractivity (Wildman–Crippen MR) is 84.5 cm³/mol. The quantitative estimate of drug-likeness (QED) is 0.474. The summed E-state index contributed by atoms with van der Waals surface area (Å²) in [5.74, 6) is -0.334. The molecule has 2 rings (SSSR count). The minimum Gasteiger partial charge on any atom is -0.469 e. The predicted octanol–water partition coefficient (Wildman–Crippen LogP) is 2.82. The van der Waals surface area contributed by atoms with Crippen molar-refractivity contribution >= 4 is 25.6 Å². The standard InChI is InChI=1S/C17H12BF3O4/c1-24-16(23)8-10-7-13(3-4-14(10)18)25-15-5-2-12(17(19,20)21)6-11(15)9-22/h2-7,9H,8H2,1H3. The molecule has 0 aromatic heterocycles. The Bertz CT molecular complexity index is 803. The molecule has 0 N–H and O–H groups in total. The molecular weight excluding hydrogens is 336 g/mol. The number of ether oxygens (including phenoxy) is 2. The number of rotatable bonds is 5. The Hall–Kier alpha value is -2.77. The summed E-state index contributed by atoms with van der Waals surface area (Å²) in [7, 11) is 7.00. The Morgan fingerprint density at radius 2 is 1.92 bits per heavy atom. The average Bonchev–Trinajstić information content (AvgIpc) is 2.57. The summed E-state index contributed by atoms with van der Waals surface area (Å²) < 4.78 is 48.1. The van der Waals surface area contributed by atoms with Crippen molar-refractivity contribution in [3.63, 3.8) is 0 Å². The highest BCUT2D eigenvalue weighted by Gasteiger charge is 2.31. The van der Waals surface area contributed by atoms with Gasteiger partial charge in [-0.25, -0.2) is 0 Å². The van der Waals surface area contributed by atoms with Crippen LogP contribution >= 0.6 is 0 Å². The molecule has 0 fully saturated rings. The Balaban J connectivity index is 2.32. The first-order valence-corrected chi connectivity index (χ1v) is 7.04. The summed E-state index contributed by atoms with van der Waals surface area (Å²) in [5.41, 5.74) is -0.434. The maximum Gasteiger partial charge on any atom is 0.416 e. The fourth-order valence-electron chi connectivity index (χ4n) is 2.06. The van der Waals surface area contributed by atoms with Gasteiger partial charge in [0.2, 0.25) is 0 Å². The lowest BCUT2D eigenvalue weighted by Gasteiger charge is -2.13. The van der Waals surface area contributed by atoms with Crippen LogP contribution in [0.5, 0.6) is 11.5 Å². The second-order valence-electron chi connectivity index (χ2n) is 5.08. The van der Waals surface area contributed by atoms with Crippen LogP contribution in [0.25, 0.3) is 0 Å². The third kappa shape index (κ3) is 4.62. The molecule has 0 saturated carbocycles. The lowest BCUT2D eigenvalue weighted by Crippen LogP contribution is -2.15. The van der Waals surface area contributed by atoms with Crippen LogP contribution in [0.15, 0.2) is 36.4 Å². The molecule has 0 bridgehead atoms. The molecule has 0 heterocycles. The van der Waals surface area contributed by atoms with Gasteiger partial charge in [-0.3, -0.25) is 9.59 Å². The molecule has 0 unspecified atom stereocenters. The number of hydrogen-bond acceptors (Lipinski definition) is 4. The van der Waals surface area contributed by atoms with Gasteiger partial charge in [0.25, 0.3) is 0 Å². The van der Waals surface area contributed by atoms with E-state index in [2.05, 4.69) is 4.74 Å². The van der Waals surface area contributed by atoms with E-state index in [1.54, 1.807) is 0 Å². The van der Waals surface area contributed by atoms with Crippen LogP contribution in [0.3, 0.4) is 0 Å². The van der Waals surface area contributed by atoms with E-state index < -0.39 is 17.7 Å². The van der Waals surface area contributed by atoms with Gasteiger partial charge in [-0.15, -0.1) is 0 Å². The number of halogens is 3. The van der Waals surface area contributed by atoms with E-state index in [1.807, 2.05) is 0 Å². The van der Waals surface area contributed by atoms with E-state index in [-0.39, 0.29) is 29.8 Å². The van der Waals surface area contributed by atoms with Crippen molar-refractivity contribution in [2.24, 2.45) is 0 Å². The average molecular weight is 348 g/mol. The van der Waals surface area contributed by atoms with Crippen molar-refractivity contribution in [3.8, 4) is 11.5 Å². The zero-order chi connectivity index (χ0) is 18.6. The van der Waals surface area contributed by atoms with Gasteiger partial charge in [-0.1, -0.05) is 11.5 Å². The number of carbonyl (C=O) groups is 2. The van der Waals surface area contributed by atoms with Gasteiger partial charge in [-0.2, -0.15) is 13.2 Å². The normalized spacial score (nSPS) is 11.0. The third-order valence-corrected chi connectivity index (χ3v) is 3.37. The first-order chi connectivity index (χ1) is 11.7. The Labute approximate surface area is 143 Å². The van der Waals surface area contributed by atoms with Crippen LogP contribution in [0, 0.1) is 0 Å². The molecule has 2 radical (unpaired) electrons. The molecule has 0 atom stereocenters. The molecule has 8 heteroatoms. The minimum atomic E-state index is -4.56. The van der Waals surface area contributed by atoms with Crippen LogP contribution in [-0.2, 0) is 22.1 Å². The van der Waals surface area contributed by atoms with Gasteiger partial charge < -0.3 is 9.47 Å². The van der Waals surface area contributed by atoms with Gasteiger partial charge in [0.15, 0.2) is 6.29 Å². The Morgan fingerprint density at radius 3 is 2.52 bits per heavy atom. The molecule has 2 aromatic rings. The first kappa shape index (κ1) is 18.6. The van der Waals surface area contributed by atoms with Crippen molar-refractivity contribution in [1.29, 1.82) is 0 Å². The van der Waals surface area contributed by atoms with E-state index in [4.69, 9.17) is 12.6 Å². The van der Waals surface area contributed by atoms with E-state index in [0.717, 1.165) is 12.1 Å². The summed E-state index contributed by atoms with van der Waals surface area (Å²) in [4.78, 5) is 22.4. The van der Waals surface area contributed by atoms with Crippen molar-refractivity contribution in [3.05, 3.63) is 53.1 Å². The zero-order valence-electron chi connectivity index (χ0n) is 13.1. The molecule has 4 nitrogen and oxygen atoms in total. The maximum atomic E-state index is 12.7. The van der Waals surface area contributed by atoms with E-state index in [0.29, 0.717) is 17.1 Å². The molecule has 0 aliphatic carbocycles. The molecular formula is C17H12BF3O4. The van der Waals surface area contributed by atoms with Crippen LogP contribution in [0.1, 0.15) is 21.5 Å². The van der Waals surface area contributed by atoms with Crippen LogP contribution in [-0.4, -0.2) is 27.2 Å². The van der Waals surface area contributed by atoms with Gasteiger partial charge >= 0.3 is 12.1 Å². The highest BCUT2D eigenvalue weighted by atomic mass is 19.4. The van der Waals surface area contributed by atoms with Crippen LogP contribution in [0.4, 0.5) is 13.2 Å². The molecule has 0 aliphatic heterocycles. The number of alkyl halides is 3. The summed E-state index contributed by atoms with van der Waals surface area (Å²) in [6.07, 6.45) is -4.38. The topological polar surface area (TPSA) is 52.6 Å². The number of carbonyl (C=O) groups excluding carboxylic acids is 2. The van der Waals surface area contributed by atoms with Gasteiger partial charge in [-0.05, 0) is 35.9 Å². The lowest BCUT2D eigenvalue weighted by atomic mass is 9.89. The number of hydrogen-bond donors (Lipinski definition) is 0. The van der Waals surface area contributed by atoms with E-state index in [1.165, 1.54) is 25.3 Å². The largest absolute Gasteiger partial charge is 0.469 e. The molecule has 0 saturated heterocycles. The van der Waals surface area contributed by atoms with Crippen molar-refractivity contribution in [1.82, 2.24) is 0 Å². The highest BCUT2D eigenvalue weighted by Crippen LogP contribution is 2.33. The van der Waals surface area contributed by atoms with Gasteiger partial charge in [0, 0.05) is 0 Å². The summed E-state index contributed by atoms with van der Waals surface area (Å²) in [6, 6.07) is 6.99. The second-order valence-corrected chi connectivity index (χ2v) is 5.08. The molecule has 128 valence electrons. The van der Waals surface area contributed by atoms with E-state index in [9.17, 15) is 22.8 Å². The van der Waals surface area contributed by atoms with Gasteiger partial charge in [0.05, 0.1) is 24.7 Å². The summed E-state index contributed by atoms with van der Waals surface area (Å²) >= 11 is 0. The molecule has 0 aliphatic rings. The second kappa shape index (κ2) is 7.42. The smallest absolute Gasteiger partial charge is 0.416 e. The van der Waals surface area contributed by atoms with E-state index >= 15 is 0 Å². The molecule has 0 amide bonds. The summed E-state index contributed by atoms with van der Waals surface area (Å²) in [6.45, 7) is 0. The number of benzene rings is 2. The van der Waals surface area contributed by atoms with Gasteiger partial charge in [0.1, 0.15) is 19.3 Å². The van der Waals surface area contributed by atoms with Crippen LogP contribution in [0.2, 0.25) is 0 Å². The van der Waals surface area contributed by atoms with Crippen LogP contribution < -0.4 is 10.2 Å².